The van der Waals surface area contributed by atoms with Crippen molar-refractivity contribution in [3.8, 4) is 11.5 Å². The molecule has 2 atom stereocenters. The van der Waals surface area contributed by atoms with Gasteiger partial charge in [-0.2, -0.15) is 0 Å². The first-order valence-corrected chi connectivity index (χ1v) is 23.2. The SMILES string of the molecule is NC(=NCCCCc1ccc(OCCOCCNC(=O)C(O)C(O)C(=O)NCCOCCOc2ccc(CCCCN=C(N)NC(=O)c3nc(Cl)c(N)nc3N)cc2)cc1)NC(=O)c1ccc(N)c(Cl)c1. The van der Waals surface area contributed by atoms with Crippen LogP contribution in [-0.2, 0) is 31.9 Å². The molecule has 0 saturated carbocycles. The molecule has 4 amide bonds. The number of anilines is 3. The van der Waals surface area contributed by atoms with E-state index in [9.17, 15) is 29.4 Å². The number of benzene rings is 3. The molecule has 25 heteroatoms. The summed E-state index contributed by atoms with van der Waals surface area (Å²) < 4.78 is 22.3. The highest BCUT2D eigenvalue weighted by Gasteiger charge is 2.30. The molecule has 4 rings (SSSR count). The number of rotatable bonds is 29. The summed E-state index contributed by atoms with van der Waals surface area (Å²) in [4.78, 5) is 65.2. The van der Waals surface area contributed by atoms with E-state index in [1.165, 1.54) is 6.07 Å². The number of unbranched alkanes of at least 4 members (excludes halogenated alkanes) is 2. The van der Waals surface area contributed by atoms with Crippen LogP contribution in [0.2, 0.25) is 10.2 Å². The predicted molar refractivity (Wildman–Crippen MR) is 269 cm³/mol. The van der Waals surface area contributed by atoms with E-state index in [2.05, 4.69) is 41.2 Å². The third-order valence-corrected chi connectivity index (χ3v) is 10.5. The molecule has 4 aromatic rings. The van der Waals surface area contributed by atoms with Gasteiger partial charge in [-0.05, 0) is 92.1 Å². The minimum absolute atomic E-state index is 0.0209. The Balaban J connectivity index is 0.949. The normalized spacial score (nSPS) is 12.4. The minimum Gasteiger partial charge on any atom is -0.491 e. The quantitative estimate of drug-likeness (QED) is 0.0157. The molecule has 71 heavy (non-hydrogen) atoms. The zero-order chi connectivity index (χ0) is 51.5. The Hall–Kier alpha value is -7.02. The number of amides is 4. The number of nitrogens with two attached hydrogens (primary N) is 5. The third kappa shape index (κ3) is 20.9. The standard InChI is InChI=1S/C46H61Cl2N13O10/c47-33-27-30(11-16-34(33)49)41(64)60-45(52)56-17-3-1-5-28-7-12-31(13-8-28)70-25-23-68-21-19-54-43(66)36(62)37(63)44(67)55-20-22-69-24-26-71-32-14-9-29(10-15-32)6-2-4-18-57-46(53)61-42(65)35-39(50)59-40(51)38(48)58-35/h7-16,27,36-37,62-63H,1-6,17-26,49H2,(H,54,66)(H,55,67)(H4,50,51,59)(H3,52,56,60,64)(H3,53,57,61,65). The molecule has 0 bridgehead atoms. The van der Waals surface area contributed by atoms with E-state index in [1.807, 2.05) is 48.5 Å². The highest BCUT2D eigenvalue weighted by atomic mass is 35.5. The summed E-state index contributed by atoms with van der Waals surface area (Å²) in [7, 11) is 0. The number of carbonyl (C=O) groups excluding carboxylic acids is 4. The molecule has 384 valence electrons. The van der Waals surface area contributed by atoms with Gasteiger partial charge in [0.2, 0.25) is 0 Å². The Kier molecular flexibility index (Phi) is 24.3. The van der Waals surface area contributed by atoms with Gasteiger partial charge in [-0.3, -0.25) is 39.8 Å². The van der Waals surface area contributed by atoms with Crippen molar-refractivity contribution in [1.82, 2.24) is 31.2 Å². The molecule has 1 aromatic heterocycles. The number of guanidine groups is 2. The fourth-order valence-electron chi connectivity index (χ4n) is 6.14. The first kappa shape index (κ1) is 56.6. The molecule has 0 aliphatic rings. The summed E-state index contributed by atoms with van der Waals surface area (Å²) in [5.74, 6) is -2.05. The topological polar surface area (TPSA) is 374 Å². The second-order valence-electron chi connectivity index (χ2n) is 15.4. The largest absolute Gasteiger partial charge is 0.491 e. The number of aliphatic hydroxyl groups excluding tert-OH is 2. The van der Waals surface area contributed by atoms with Gasteiger partial charge in [0.05, 0.1) is 37.1 Å². The molecule has 0 aliphatic heterocycles. The van der Waals surface area contributed by atoms with Crippen molar-refractivity contribution in [1.29, 1.82) is 0 Å². The van der Waals surface area contributed by atoms with Crippen molar-refractivity contribution in [3.05, 3.63) is 99.3 Å². The molecule has 0 radical (unpaired) electrons. The number of carbonyl (C=O) groups is 4. The molecule has 0 fully saturated rings. The van der Waals surface area contributed by atoms with Crippen LogP contribution in [0.5, 0.6) is 11.5 Å². The Morgan fingerprint density at radius 3 is 1.56 bits per heavy atom. The smallest absolute Gasteiger partial charge is 0.280 e. The summed E-state index contributed by atoms with van der Waals surface area (Å²) in [6, 6.07) is 19.7. The van der Waals surface area contributed by atoms with Crippen molar-refractivity contribution in [2.24, 2.45) is 21.5 Å². The molecule has 0 spiro atoms. The number of ether oxygens (including phenoxy) is 4. The average Bonchev–Trinajstić information content (AvgIpc) is 3.35. The maximum atomic E-state index is 12.3. The lowest BCUT2D eigenvalue weighted by Gasteiger charge is -2.17. The van der Waals surface area contributed by atoms with E-state index in [1.54, 1.807) is 12.1 Å². The number of aryl methyl sites for hydroxylation is 2. The van der Waals surface area contributed by atoms with Gasteiger partial charge in [0.15, 0.2) is 46.6 Å². The number of aliphatic hydroxyl groups is 2. The zero-order valence-corrected chi connectivity index (χ0v) is 40.4. The van der Waals surface area contributed by atoms with Gasteiger partial charge in [0, 0.05) is 31.7 Å². The number of nitrogens with zero attached hydrogens (tertiary/aromatic N) is 4. The summed E-state index contributed by atoms with van der Waals surface area (Å²) in [6.07, 6.45) is 0.756. The van der Waals surface area contributed by atoms with Crippen molar-refractivity contribution in [2.75, 3.05) is 83.0 Å². The number of aliphatic imine (C=N–C) groups is 2. The van der Waals surface area contributed by atoms with Crippen LogP contribution in [0, 0.1) is 0 Å². The van der Waals surface area contributed by atoms with Crippen molar-refractivity contribution >= 4 is 76.1 Å². The number of halogens is 2. The number of hydrogen-bond acceptors (Lipinski definition) is 17. The van der Waals surface area contributed by atoms with Gasteiger partial charge in [-0.1, -0.05) is 47.5 Å². The summed E-state index contributed by atoms with van der Waals surface area (Å²) in [6.45, 7) is 2.03. The molecule has 0 saturated heterocycles. The number of hydrogen-bond donors (Lipinski definition) is 11. The van der Waals surface area contributed by atoms with Crippen LogP contribution in [0.4, 0.5) is 17.3 Å². The van der Waals surface area contributed by atoms with E-state index in [0.717, 1.165) is 43.2 Å². The summed E-state index contributed by atoms with van der Waals surface area (Å²) >= 11 is 11.8. The van der Waals surface area contributed by atoms with Crippen molar-refractivity contribution < 1.29 is 48.3 Å². The van der Waals surface area contributed by atoms with Crippen LogP contribution in [0.1, 0.15) is 57.7 Å². The van der Waals surface area contributed by atoms with Gasteiger partial charge in [0.25, 0.3) is 23.6 Å². The maximum absolute atomic E-state index is 12.3. The van der Waals surface area contributed by atoms with Gasteiger partial charge in [-0.25, -0.2) is 9.97 Å². The summed E-state index contributed by atoms with van der Waals surface area (Å²) in [5, 5.41) is 30.2. The first-order valence-electron chi connectivity index (χ1n) is 22.5. The van der Waals surface area contributed by atoms with Crippen LogP contribution < -0.4 is 59.4 Å². The van der Waals surface area contributed by atoms with Crippen LogP contribution in [0.3, 0.4) is 0 Å². The van der Waals surface area contributed by atoms with E-state index in [4.69, 9.17) is 70.8 Å². The lowest BCUT2D eigenvalue weighted by atomic mass is 10.1. The summed E-state index contributed by atoms with van der Waals surface area (Å²) in [5.41, 5.74) is 31.2. The average molecular weight is 1030 g/mol. The fraction of sp³-hybridized carbons (Fsp3) is 0.391. The number of aromatic nitrogens is 2. The zero-order valence-electron chi connectivity index (χ0n) is 38.9. The van der Waals surface area contributed by atoms with Crippen LogP contribution >= 0.6 is 23.2 Å². The number of nitrogen functional groups attached to an aromatic ring is 3. The molecule has 23 nitrogen and oxygen atoms in total. The highest BCUT2D eigenvalue weighted by molar-refractivity contribution is 6.33. The van der Waals surface area contributed by atoms with Crippen LogP contribution in [-0.4, -0.2) is 134 Å². The van der Waals surface area contributed by atoms with Crippen LogP contribution in [0.15, 0.2) is 76.7 Å². The third-order valence-electron chi connectivity index (χ3n) is 9.94. The second kappa shape index (κ2) is 30.6. The number of nitrogens with one attached hydrogen (secondary N) is 4. The molecule has 2 unspecified atom stereocenters. The first-order chi connectivity index (χ1) is 34.1. The van der Waals surface area contributed by atoms with Crippen molar-refractivity contribution in [3.63, 3.8) is 0 Å². The van der Waals surface area contributed by atoms with Gasteiger partial charge in [0.1, 0.15) is 24.7 Å². The minimum atomic E-state index is -1.99. The van der Waals surface area contributed by atoms with E-state index < -0.39 is 35.8 Å². The van der Waals surface area contributed by atoms with E-state index >= 15 is 0 Å². The molecule has 16 N–H and O–H groups in total. The Morgan fingerprint density at radius 1 is 0.606 bits per heavy atom. The second-order valence-corrected chi connectivity index (χ2v) is 16.2. The lowest BCUT2D eigenvalue weighted by Crippen LogP contribution is -2.50. The predicted octanol–water partition coefficient (Wildman–Crippen LogP) is 1.11. The van der Waals surface area contributed by atoms with Crippen molar-refractivity contribution in [2.45, 2.75) is 50.7 Å². The van der Waals surface area contributed by atoms with Gasteiger partial charge < -0.3 is 68.5 Å². The molecular weight excluding hydrogens is 965 g/mol. The monoisotopic (exact) mass is 1030 g/mol. The van der Waals surface area contributed by atoms with Gasteiger partial charge in [-0.15, -0.1) is 0 Å². The molecule has 0 aliphatic carbocycles. The Morgan fingerprint density at radius 2 is 1.08 bits per heavy atom. The lowest BCUT2D eigenvalue weighted by molar-refractivity contribution is -0.146. The molecule has 1 heterocycles. The Bertz CT molecular complexity index is 2420. The van der Waals surface area contributed by atoms with E-state index in [0.29, 0.717) is 42.3 Å². The molecular formula is C46H61Cl2N13O10. The fourth-order valence-corrected chi connectivity index (χ4v) is 6.44. The van der Waals surface area contributed by atoms with Gasteiger partial charge >= 0.3 is 0 Å². The van der Waals surface area contributed by atoms with E-state index in [-0.39, 0.29) is 92.2 Å². The van der Waals surface area contributed by atoms with Crippen LogP contribution in [0.25, 0.3) is 0 Å². The maximum Gasteiger partial charge on any atom is 0.280 e. The highest BCUT2D eigenvalue weighted by Crippen LogP contribution is 2.20. The molecule has 3 aromatic carbocycles. The Labute approximate surface area is 420 Å².